The number of carboxylic acid groups (broad SMARTS) is 1. The lowest BCUT2D eigenvalue weighted by atomic mass is 10.1. The van der Waals surface area contributed by atoms with Crippen molar-refractivity contribution in [2.24, 2.45) is 0 Å². The molecule has 1 amide bonds. The molecule has 0 fully saturated rings. The number of aromatic amines is 1. The molecule has 0 aliphatic rings. The second kappa shape index (κ2) is 11.5. The van der Waals surface area contributed by atoms with Crippen LogP contribution in [0.3, 0.4) is 0 Å². The molecule has 3 N–H and O–H groups in total. The van der Waals surface area contributed by atoms with E-state index in [2.05, 4.69) is 10.3 Å². The molecule has 0 atom stereocenters. The molecule has 7 nitrogen and oxygen atoms in total. The molecule has 2 aromatic carbocycles. The van der Waals surface area contributed by atoms with Crippen LogP contribution in [0.15, 0.2) is 71.5 Å². The number of carbonyl (C=O) groups is 2. The first-order valence-electron chi connectivity index (χ1n) is 10.5. The van der Waals surface area contributed by atoms with Gasteiger partial charge in [-0.3, -0.25) is 14.4 Å². The fourth-order valence-corrected chi connectivity index (χ4v) is 3.22. The van der Waals surface area contributed by atoms with Crippen molar-refractivity contribution in [3.05, 3.63) is 88.2 Å². The Labute approximate surface area is 186 Å². The van der Waals surface area contributed by atoms with Gasteiger partial charge in [-0.05, 0) is 49.1 Å². The summed E-state index contributed by atoms with van der Waals surface area (Å²) in [4.78, 5) is 37.3. The normalized spacial score (nSPS) is 10.5. The van der Waals surface area contributed by atoms with E-state index in [-0.39, 0.29) is 17.9 Å². The van der Waals surface area contributed by atoms with Gasteiger partial charge in [0.25, 0.3) is 5.91 Å². The number of carbonyl (C=O) groups excluding carboxylic acids is 1. The van der Waals surface area contributed by atoms with Gasteiger partial charge in [-0.1, -0.05) is 36.4 Å². The summed E-state index contributed by atoms with van der Waals surface area (Å²) in [5, 5.41) is 11.6. The summed E-state index contributed by atoms with van der Waals surface area (Å²) in [7, 11) is 0. The third kappa shape index (κ3) is 6.84. The number of hydrogen-bond donors (Lipinski definition) is 3. The molecule has 0 aliphatic carbocycles. The van der Waals surface area contributed by atoms with E-state index in [1.54, 1.807) is 36.4 Å². The maximum absolute atomic E-state index is 12.6. The van der Waals surface area contributed by atoms with Gasteiger partial charge in [-0.2, -0.15) is 0 Å². The van der Waals surface area contributed by atoms with Gasteiger partial charge < -0.3 is 20.1 Å². The Hall–Kier alpha value is -3.87. The van der Waals surface area contributed by atoms with Gasteiger partial charge in [-0.25, -0.2) is 0 Å². The first-order chi connectivity index (χ1) is 15.5. The highest BCUT2D eigenvalue weighted by Crippen LogP contribution is 2.19. The second-order valence-corrected chi connectivity index (χ2v) is 7.35. The van der Waals surface area contributed by atoms with Crippen LogP contribution < -0.4 is 15.6 Å². The van der Waals surface area contributed by atoms with E-state index in [1.807, 2.05) is 24.3 Å². The number of hydrogen-bond acceptors (Lipinski definition) is 4. The zero-order valence-electron chi connectivity index (χ0n) is 17.7. The number of aromatic nitrogens is 1. The van der Waals surface area contributed by atoms with Crippen molar-refractivity contribution in [1.82, 2.24) is 10.3 Å². The number of H-pyrrole nitrogens is 1. The Bertz CT molecular complexity index is 1110. The van der Waals surface area contributed by atoms with E-state index in [1.165, 1.54) is 6.07 Å². The maximum Gasteiger partial charge on any atom is 0.303 e. The molecular weight excluding hydrogens is 408 g/mol. The van der Waals surface area contributed by atoms with Crippen molar-refractivity contribution in [1.29, 1.82) is 0 Å². The van der Waals surface area contributed by atoms with Gasteiger partial charge in [0, 0.05) is 35.9 Å². The zero-order chi connectivity index (χ0) is 22.8. The highest BCUT2D eigenvalue weighted by molar-refractivity contribution is 5.94. The van der Waals surface area contributed by atoms with Crippen molar-refractivity contribution in [3.63, 3.8) is 0 Å². The molecular formula is C25H26N2O5. The van der Waals surface area contributed by atoms with Crippen LogP contribution in [0.5, 0.6) is 5.75 Å². The van der Waals surface area contributed by atoms with Crippen molar-refractivity contribution in [3.8, 4) is 17.0 Å². The smallest absolute Gasteiger partial charge is 0.303 e. The fourth-order valence-electron chi connectivity index (χ4n) is 3.22. The Morgan fingerprint density at radius 2 is 1.69 bits per heavy atom. The van der Waals surface area contributed by atoms with Crippen molar-refractivity contribution in [2.45, 2.75) is 32.2 Å². The molecule has 0 unspecified atom stereocenters. The van der Waals surface area contributed by atoms with Gasteiger partial charge in [0.05, 0.1) is 6.61 Å². The first kappa shape index (κ1) is 22.8. The molecule has 0 saturated carbocycles. The predicted molar refractivity (Wildman–Crippen MR) is 122 cm³/mol. The van der Waals surface area contributed by atoms with E-state index in [4.69, 9.17) is 9.84 Å². The van der Waals surface area contributed by atoms with Gasteiger partial charge in [-0.15, -0.1) is 0 Å². The molecule has 0 bridgehead atoms. The van der Waals surface area contributed by atoms with Gasteiger partial charge in [0.15, 0.2) is 0 Å². The van der Waals surface area contributed by atoms with E-state index in [0.29, 0.717) is 36.6 Å². The molecule has 0 spiro atoms. The number of nitrogens with one attached hydrogen (secondary N) is 2. The number of ether oxygens (including phenoxy) is 1. The predicted octanol–water partition coefficient (Wildman–Crippen LogP) is 4.00. The van der Waals surface area contributed by atoms with Crippen molar-refractivity contribution in [2.75, 3.05) is 6.61 Å². The average Bonchev–Trinajstić information content (AvgIpc) is 2.80. The SMILES string of the molecule is O=C(O)CCCCCOc1ccccc1CNC(=O)c1ccc(-c2cccc(=O)[nH]2)cc1. The van der Waals surface area contributed by atoms with Gasteiger partial charge in [0.1, 0.15) is 5.75 Å². The number of para-hydroxylation sites is 1. The Morgan fingerprint density at radius 3 is 2.44 bits per heavy atom. The molecule has 1 heterocycles. The lowest BCUT2D eigenvalue weighted by Crippen LogP contribution is -2.23. The van der Waals surface area contributed by atoms with Crippen LogP contribution in [0.25, 0.3) is 11.3 Å². The molecule has 0 aliphatic heterocycles. The number of amides is 1. The topological polar surface area (TPSA) is 108 Å². The summed E-state index contributed by atoms with van der Waals surface area (Å²) < 4.78 is 5.83. The summed E-state index contributed by atoms with van der Waals surface area (Å²) >= 11 is 0. The minimum absolute atomic E-state index is 0.173. The van der Waals surface area contributed by atoms with Crippen LogP contribution in [-0.2, 0) is 11.3 Å². The van der Waals surface area contributed by atoms with Crippen LogP contribution >= 0.6 is 0 Å². The van der Waals surface area contributed by atoms with Crippen LogP contribution in [-0.4, -0.2) is 28.6 Å². The summed E-state index contributed by atoms with van der Waals surface area (Å²) in [5.41, 5.74) is 2.72. The third-order valence-electron chi connectivity index (χ3n) is 4.93. The minimum atomic E-state index is -0.781. The fraction of sp³-hybridized carbons (Fsp3) is 0.240. The number of pyridine rings is 1. The quantitative estimate of drug-likeness (QED) is 0.395. The van der Waals surface area contributed by atoms with Crippen LogP contribution in [0.1, 0.15) is 41.6 Å². The largest absolute Gasteiger partial charge is 0.493 e. The van der Waals surface area contributed by atoms with Crippen molar-refractivity contribution >= 4 is 11.9 Å². The molecule has 7 heteroatoms. The van der Waals surface area contributed by atoms with E-state index in [9.17, 15) is 14.4 Å². The number of carboxylic acids is 1. The number of rotatable bonds is 11. The Balaban J connectivity index is 1.52. The first-order valence-corrected chi connectivity index (χ1v) is 10.5. The third-order valence-corrected chi connectivity index (χ3v) is 4.93. The van der Waals surface area contributed by atoms with Crippen LogP contribution in [0.4, 0.5) is 0 Å². The van der Waals surface area contributed by atoms with E-state index in [0.717, 1.165) is 24.0 Å². The molecule has 0 saturated heterocycles. The molecule has 166 valence electrons. The minimum Gasteiger partial charge on any atom is -0.493 e. The van der Waals surface area contributed by atoms with E-state index >= 15 is 0 Å². The average molecular weight is 434 g/mol. The van der Waals surface area contributed by atoms with Crippen LogP contribution in [0.2, 0.25) is 0 Å². The Morgan fingerprint density at radius 1 is 0.906 bits per heavy atom. The molecule has 0 radical (unpaired) electrons. The van der Waals surface area contributed by atoms with Gasteiger partial charge in [0.2, 0.25) is 5.56 Å². The second-order valence-electron chi connectivity index (χ2n) is 7.35. The van der Waals surface area contributed by atoms with E-state index < -0.39 is 5.97 Å². The highest BCUT2D eigenvalue weighted by Gasteiger charge is 2.09. The lowest BCUT2D eigenvalue weighted by molar-refractivity contribution is -0.137. The summed E-state index contributed by atoms with van der Waals surface area (Å²) in [5.74, 6) is -0.285. The number of aliphatic carboxylic acids is 1. The standard InChI is InChI=1S/C25H26N2O5/c28-23-10-6-8-21(27-23)18-12-14-19(15-13-18)25(31)26-17-20-7-3-4-9-22(20)32-16-5-1-2-11-24(29)30/h3-4,6-10,12-15H,1-2,5,11,16-17H2,(H,26,31)(H,27,28)(H,29,30). The van der Waals surface area contributed by atoms with Gasteiger partial charge >= 0.3 is 5.97 Å². The highest BCUT2D eigenvalue weighted by atomic mass is 16.5. The Kier molecular flexibility index (Phi) is 8.20. The zero-order valence-corrected chi connectivity index (χ0v) is 17.7. The molecule has 3 rings (SSSR count). The monoisotopic (exact) mass is 434 g/mol. The summed E-state index contributed by atoms with van der Waals surface area (Å²) in [6, 6.07) is 19.5. The maximum atomic E-state index is 12.6. The number of benzene rings is 2. The molecule has 3 aromatic rings. The molecule has 1 aromatic heterocycles. The van der Waals surface area contributed by atoms with Crippen LogP contribution in [0, 0.1) is 0 Å². The lowest BCUT2D eigenvalue weighted by Gasteiger charge is -2.12. The number of unbranched alkanes of at least 4 members (excludes halogenated alkanes) is 2. The summed E-state index contributed by atoms with van der Waals surface area (Å²) in [6.07, 6.45) is 2.37. The molecule has 32 heavy (non-hydrogen) atoms. The van der Waals surface area contributed by atoms with Crippen molar-refractivity contribution < 1.29 is 19.4 Å². The summed E-state index contributed by atoms with van der Waals surface area (Å²) in [6.45, 7) is 0.815.